The predicted molar refractivity (Wildman–Crippen MR) is 106 cm³/mol. The molecule has 140 valence electrons. The number of anilines is 1. The van der Waals surface area contributed by atoms with Gasteiger partial charge in [-0.25, -0.2) is 4.98 Å². The van der Waals surface area contributed by atoms with Crippen molar-refractivity contribution in [1.29, 1.82) is 0 Å². The number of aryl methyl sites for hydroxylation is 1. The van der Waals surface area contributed by atoms with Crippen LogP contribution in [0.1, 0.15) is 37.4 Å². The van der Waals surface area contributed by atoms with Crippen LogP contribution in [0.25, 0.3) is 0 Å². The minimum absolute atomic E-state index is 0.0661. The number of hydrogen-bond donors (Lipinski definition) is 1. The molecular formula is C20H27N3O2S. The Bertz CT molecular complexity index is 706. The molecule has 1 aliphatic heterocycles. The van der Waals surface area contributed by atoms with Crippen LogP contribution in [0.3, 0.4) is 0 Å². The molecule has 1 N–H and O–H groups in total. The van der Waals surface area contributed by atoms with E-state index >= 15 is 0 Å². The van der Waals surface area contributed by atoms with Gasteiger partial charge in [0.15, 0.2) is 5.13 Å². The Morgan fingerprint density at radius 1 is 1.31 bits per heavy atom. The van der Waals surface area contributed by atoms with E-state index in [1.165, 1.54) is 43.1 Å². The van der Waals surface area contributed by atoms with Gasteiger partial charge in [0, 0.05) is 18.8 Å². The summed E-state index contributed by atoms with van der Waals surface area (Å²) in [4.78, 5) is 18.0. The summed E-state index contributed by atoms with van der Waals surface area (Å²) in [6.45, 7) is 4.64. The number of aromatic nitrogens is 1. The first-order valence-corrected chi connectivity index (χ1v) is 10.1. The summed E-state index contributed by atoms with van der Waals surface area (Å²) in [7, 11) is 1.70. The van der Waals surface area contributed by atoms with Gasteiger partial charge in [-0.15, -0.1) is 11.3 Å². The highest BCUT2D eigenvalue weighted by molar-refractivity contribution is 7.13. The zero-order chi connectivity index (χ0) is 18.4. The van der Waals surface area contributed by atoms with Gasteiger partial charge in [-0.05, 0) is 62.4 Å². The number of piperidine rings is 1. The highest BCUT2D eigenvalue weighted by Crippen LogP contribution is 2.25. The number of nitrogens with one attached hydrogen (secondary N) is 1. The van der Waals surface area contributed by atoms with Crippen molar-refractivity contribution in [3.8, 4) is 5.75 Å². The van der Waals surface area contributed by atoms with Crippen LogP contribution in [0.5, 0.6) is 5.75 Å². The van der Waals surface area contributed by atoms with E-state index in [4.69, 9.17) is 4.74 Å². The fourth-order valence-electron chi connectivity index (χ4n) is 3.41. The monoisotopic (exact) mass is 373 g/mol. The van der Waals surface area contributed by atoms with E-state index in [0.717, 1.165) is 43.4 Å². The predicted octanol–water partition coefficient (Wildman–Crippen LogP) is 3.95. The largest absolute Gasteiger partial charge is 0.497 e. The number of rotatable bonds is 7. The lowest BCUT2D eigenvalue weighted by Gasteiger charge is -2.31. The second-order valence-electron chi connectivity index (χ2n) is 6.93. The number of hydrogen-bond acceptors (Lipinski definition) is 5. The van der Waals surface area contributed by atoms with Gasteiger partial charge in [-0.1, -0.05) is 12.1 Å². The molecule has 1 fully saturated rings. The van der Waals surface area contributed by atoms with Crippen LogP contribution < -0.4 is 10.1 Å². The lowest BCUT2D eigenvalue weighted by atomic mass is 9.90. The third-order valence-electron chi connectivity index (χ3n) is 4.93. The maximum Gasteiger partial charge on any atom is 0.223 e. The number of benzene rings is 1. The van der Waals surface area contributed by atoms with Gasteiger partial charge in [0.05, 0.1) is 12.8 Å². The molecule has 0 aliphatic carbocycles. The zero-order valence-electron chi connectivity index (χ0n) is 15.5. The molecule has 0 bridgehead atoms. The summed E-state index contributed by atoms with van der Waals surface area (Å²) in [5, 5.41) is 5.49. The first kappa shape index (κ1) is 18.9. The van der Waals surface area contributed by atoms with E-state index in [9.17, 15) is 4.79 Å². The van der Waals surface area contributed by atoms with Crippen LogP contribution in [0.15, 0.2) is 29.6 Å². The van der Waals surface area contributed by atoms with Gasteiger partial charge in [0.2, 0.25) is 5.91 Å². The summed E-state index contributed by atoms with van der Waals surface area (Å²) in [5.74, 6) is 1.66. The molecule has 0 spiro atoms. The van der Waals surface area contributed by atoms with Crippen molar-refractivity contribution in [1.82, 2.24) is 9.88 Å². The number of carbonyl (C=O) groups excluding carboxylic acids is 1. The molecule has 1 aliphatic rings. The summed E-state index contributed by atoms with van der Waals surface area (Å²) in [6.07, 6.45) is 4.89. The second kappa shape index (κ2) is 9.14. The van der Waals surface area contributed by atoms with Crippen LogP contribution in [0.4, 0.5) is 5.13 Å². The van der Waals surface area contributed by atoms with Crippen molar-refractivity contribution in [2.75, 3.05) is 25.5 Å². The second-order valence-corrected chi connectivity index (χ2v) is 7.79. The van der Waals surface area contributed by atoms with E-state index in [-0.39, 0.29) is 5.91 Å². The Hall–Kier alpha value is -1.92. The van der Waals surface area contributed by atoms with Crippen molar-refractivity contribution in [2.24, 2.45) is 5.92 Å². The molecule has 1 saturated heterocycles. The Balaban J connectivity index is 1.39. The van der Waals surface area contributed by atoms with Crippen LogP contribution in [0, 0.1) is 5.92 Å². The zero-order valence-corrected chi connectivity index (χ0v) is 16.3. The number of amides is 1. The Labute approximate surface area is 159 Å². The van der Waals surface area contributed by atoms with Crippen LogP contribution in [0.2, 0.25) is 0 Å². The molecule has 2 aromatic rings. The minimum Gasteiger partial charge on any atom is -0.497 e. The van der Waals surface area contributed by atoms with Crippen molar-refractivity contribution in [3.05, 3.63) is 40.9 Å². The normalized spacial score (nSPS) is 15.8. The standard InChI is InChI=1S/C20H27N3O2S/c1-15(24)21-20-22-18(14-26-20)13-23-11-9-17(10-12-23)4-3-16-5-7-19(25-2)8-6-16/h5-8,14,17H,3-4,9-13H2,1-2H3,(H,21,22,24). The number of thiazole rings is 1. The molecule has 2 heterocycles. The van der Waals surface area contributed by atoms with Crippen molar-refractivity contribution < 1.29 is 9.53 Å². The van der Waals surface area contributed by atoms with Crippen LogP contribution in [-0.2, 0) is 17.8 Å². The average molecular weight is 374 g/mol. The summed E-state index contributed by atoms with van der Waals surface area (Å²) in [6, 6.07) is 8.42. The average Bonchev–Trinajstić information content (AvgIpc) is 3.07. The molecule has 1 aromatic carbocycles. The fourth-order valence-corrected chi connectivity index (χ4v) is 4.16. The Morgan fingerprint density at radius 3 is 2.69 bits per heavy atom. The summed E-state index contributed by atoms with van der Waals surface area (Å²) in [5.41, 5.74) is 2.44. The van der Waals surface area contributed by atoms with Gasteiger partial charge in [-0.3, -0.25) is 9.69 Å². The fraction of sp³-hybridized carbons (Fsp3) is 0.500. The van der Waals surface area contributed by atoms with Crippen molar-refractivity contribution in [2.45, 2.75) is 39.2 Å². The highest BCUT2D eigenvalue weighted by atomic mass is 32.1. The molecule has 0 unspecified atom stereocenters. The van der Waals surface area contributed by atoms with E-state index in [1.54, 1.807) is 7.11 Å². The summed E-state index contributed by atoms with van der Waals surface area (Å²) < 4.78 is 5.21. The van der Waals surface area contributed by atoms with Gasteiger partial charge < -0.3 is 10.1 Å². The molecule has 6 heteroatoms. The molecule has 26 heavy (non-hydrogen) atoms. The van der Waals surface area contributed by atoms with E-state index in [1.807, 2.05) is 17.5 Å². The topological polar surface area (TPSA) is 54.5 Å². The molecular weight excluding hydrogens is 346 g/mol. The molecule has 5 nitrogen and oxygen atoms in total. The smallest absolute Gasteiger partial charge is 0.223 e. The lowest BCUT2D eigenvalue weighted by molar-refractivity contribution is -0.114. The minimum atomic E-state index is -0.0661. The highest BCUT2D eigenvalue weighted by Gasteiger charge is 2.20. The first-order chi connectivity index (χ1) is 12.6. The van der Waals surface area contributed by atoms with E-state index < -0.39 is 0 Å². The Kier molecular flexibility index (Phi) is 6.63. The molecule has 3 rings (SSSR count). The molecule has 0 atom stereocenters. The SMILES string of the molecule is COc1ccc(CCC2CCN(Cc3csc(NC(C)=O)n3)CC2)cc1. The molecule has 1 aromatic heterocycles. The first-order valence-electron chi connectivity index (χ1n) is 9.19. The van der Waals surface area contributed by atoms with Crippen molar-refractivity contribution >= 4 is 22.4 Å². The maximum atomic E-state index is 11.1. The maximum absolute atomic E-state index is 11.1. The van der Waals surface area contributed by atoms with Gasteiger partial charge in [0.1, 0.15) is 5.75 Å². The molecule has 0 radical (unpaired) electrons. The lowest BCUT2D eigenvalue weighted by Crippen LogP contribution is -2.33. The van der Waals surface area contributed by atoms with E-state index in [2.05, 4.69) is 27.3 Å². The third kappa shape index (κ3) is 5.54. The van der Waals surface area contributed by atoms with Gasteiger partial charge in [-0.2, -0.15) is 0 Å². The quantitative estimate of drug-likeness (QED) is 0.798. The number of methoxy groups -OCH3 is 1. The van der Waals surface area contributed by atoms with E-state index in [0.29, 0.717) is 5.13 Å². The number of nitrogens with zero attached hydrogens (tertiary/aromatic N) is 2. The summed E-state index contributed by atoms with van der Waals surface area (Å²) >= 11 is 1.50. The number of ether oxygens (including phenoxy) is 1. The Morgan fingerprint density at radius 2 is 2.04 bits per heavy atom. The molecule has 0 saturated carbocycles. The number of likely N-dealkylation sites (tertiary alicyclic amines) is 1. The third-order valence-corrected chi connectivity index (χ3v) is 5.73. The molecule has 1 amide bonds. The van der Waals surface area contributed by atoms with Crippen LogP contribution in [-0.4, -0.2) is 36.0 Å². The van der Waals surface area contributed by atoms with Gasteiger partial charge >= 0.3 is 0 Å². The number of carbonyl (C=O) groups is 1. The van der Waals surface area contributed by atoms with Crippen LogP contribution >= 0.6 is 11.3 Å². The van der Waals surface area contributed by atoms with Crippen molar-refractivity contribution in [3.63, 3.8) is 0 Å². The van der Waals surface area contributed by atoms with Gasteiger partial charge in [0.25, 0.3) is 0 Å².